The minimum atomic E-state index is 0.0171. The van der Waals surface area contributed by atoms with Crippen LogP contribution in [0.4, 0.5) is 0 Å². The number of aromatic nitrogens is 3. The van der Waals surface area contributed by atoms with Crippen molar-refractivity contribution in [3.05, 3.63) is 46.4 Å². The van der Waals surface area contributed by atoms with E-state index >= 15 is 0 Å². The second kappa shape index (κ2) is 3.81. The van der Waals surface area contributed by atoms with Crippen molar-refractivity contribution in [2.24, 2.45) is 7.05 Å². The van der Waals surface area contributed by atoms with E-state index in [1.807, 2.05) is 36.0 Å². The summed E-state index contributed by atoms with van der Waals surface area (Å²) in [6.45, 7) is 0. The zero-order valence-electron chi connectivity index (χ0n) is 10.5. The molecular weight excluding hydrogens is 258 g/mol. The smallest absolute Gasteiger partial charge is 0.273 e. The number of rotatable bonds is 2. The first-order valence-corrected chi connectivity index (χ1v) is 7.20. The molecule has 3 aromatic rings. The van der Waals surface area contributed by atoms with Gasteiger partial charge in [-0.15, -0.1) is 0 Å². The SMILES string of the molecule is Cn1c(C2CC2)cc(=O)n1-c1nc2ccccc2s1. The van der Waals surface area contributed by atoms with Crippen molar-refractivity contribution in [1.82, 2.24) is 14.3 Å². The fourth-order valence-corrected chi connectivity index (χ4v) is 3.48. The molecule has 19 heavy (non-hydrogen) atoms. The third kappa shape index (κ3) is 1.65. The molecule has 1 saturated carbocycles. The highest BCUT2D eigenvalue weighted by atomic mass is 32.1. The summed E-state index contributed by atoms with van der Waals surface area (Å²) >= 11 is 1.56. The zero-order valence-corrected chi connectivity index (χ0v) is 11.4. The van der Waals surface area contributed by atoms with E-state index in [1.54, 1.807) is 22.1 Å². The molecule has 1 fully saturated rings. The maximum absolute atomic E-state index is 12.2. The zero-order chi connectivity index (χ0) is 13.0. The van der Waals surface area contributed by atoms with E-state index in [9.17, 15) is 4.79 Å². The van der Waals surface area contributed by atoms with Gasteiger partial charge in [-0.25, -0.2) is 4.98 Å². The van der Waals surface area contributed by atoms with Gasteiger partial charge in [0.2, 0.25) is 5.13 Å². The average Bonchev–Trinajstić information content (AvgIpc) is 3.08. The third-order valence-electron chi connectivity index (χ3n) is 3.61. The molecule has 1 aliphatic rings. The number of para-hydroxylation sites is 1. The van der Waals surface area contributed by atoms with Crippen molar-refractivity contribution < 1.29 is 0 Å². The van der Waals surface area contributed by atoms with Crippen LogP contribution in [0.15, 0.2) is 35.1 Å². The molecule has 0 bridgehead atoms. The molecule has 1 aliphatic carbocycles. The maximum atomic E-state index is 12.2. The number of hydrogen-bond donors (Lipinski definition) is 0. The van der Waals surface area contributed by atoms with Gasteiger partial charge in [0.25, 0.3) is 5.56 Å². The van der Waals surface area contributed by atoms with E-state index in [1.165, 1.54) is 12.8 Å². The van der Waals surface area contributed by atoms with Crippen LogP contribution in [-0.2, 0) is 7.05 Å². The van der Waals surface area contributed by atoms with Crippen LogP contribution in [0.3, 0.4) is 0 Å². The van der Waals surface area contributed by atoms with Crippen LogP contribution in [0.2, 0.25) is 0 Å². The quantitative estimate of drug-likeness (QED) is 0.719. The molecule has 0 spiro atoms. The number of thiazole rings is 1. The predicted molar refractivity (Wildman–Crippen MR) is 76.2 cm³/mol. The topological polar surface area (TPSA) is 39.8 Å². The first-order chi connectivity index (χ1) is 9.24. The van der Waals surface area contributed by atoms with Gasteiger partial charge in [0.15, 0.2) is 0 Å². The molecular formula is C14H13N3OS. The fourth-order valence-electron chi connectivity index (χ4n) is 2.48. The minimum Gasteiger partial charge on any atom is -0.283 e. The van der Waals surface area contributed by atoms with Crippen molar-refractivity contribution >= 4 is 21.6 Å². The summed E-state index contributed by atoms with van der Waals surface area (Å²) in [5.74, 6) is 0.563. The third-order valence-corrected chi connectivity index (χ3v) is 4.63. The number of fused-ring (bicyclic) bond motifs is 1. The Kier molecular flexibility index (Phi) is 2.20. The van der Waals surface area contributed by atoms with Crippen molar-refractivity contribution in [2.75, 3.05) is 0 Å². The molecule has 2 aromatic heterocycles. The lowest BCUT2D eigenvalue weighted by molar-refractivity contribution is 0.614. The van der Waals surface area contributed by atoms with Crippen molar-refractivity contribution in [1.29, 1.82) is 0 Å². The van der Waals surface area contributed by atoms with Gasteiger partial charge >= 0.3 is 0 Å². The molecule has 5 heteroatoms. The first kappa shape index (κ1) is 11.0. The molecule has 0 saturated heterocycles. The van der Waals surface area contributed by atoms with Crippen LogP contribution >= 0.6 is 11.3 Å². The minimum absolute atomic E-state index is 0.0171. The number of nitrogens with zero attached hydrogens (tertiary/aromatic N) is 3. The Morgan fingerprint density at radius 1 is 1.32 bits per heavy atom. The van der Waals surface area contributed by atoms with Gasteiger partial charge < -0.3 is 0 Å². The normalized spacial score (nSPS) is 15.2. The molecule has 4 nitrogen and oxygen atoms in total. The van der Waals surface area contributed by atoms with Crippen LogP contribution in [0.1, 0.15) is 24.5 Å². The molecule has 4 rings (SSSR count). The van der Waals surface area contributed by atoms with Gasteiger partial charge in [0.05, 0.1) is 10.2 Å². The van der Waals surface area contributed by atoms with Gasteiger partial charge in [0.1, 0.15) is 0 Å². The van der Waals surface area contributed by atoms with E-state index in [2.05, 4.69) is 4.98 Å². The monoisotopic (exact) mass is 271 g/mol. The summed E-state index contributed by atoms with van der Waals surface area (Å²) < 4.78 is 4.74. The standard InChI is InChI=1S/C14H13N3OS/c1-16-11(9-6-7-9)8-13(18)17(16)14-15-10-4-2-3-5-12(10)19-14/h2-5,8-9H,6-7H2,1H3. The van der Waals surface area contributed by atoms with Crippen LogP contribution in [0, 0.1) is 0 Å². The second-order valence-corrected chi connectivity index (χ2v) is 5.99. The lowest BCUT2D eigenvalue weighted by Gasteiger charge is -2.05. The Bertz CT molecular complexity index is 790. The molecule has 0 amide bonds. The van der Waals surface area contributed by atoms with Crippen LogP contribution in [0.25, 0.3) is 15.3 Å². The van der Waals surface area contributed by atoms with E-state index in [0.717, 1.165) is 21.0 Å². The summed E-state index contributed by atoms with van der Waals surface area (Å²) in [5, 5.41) is 0.751. The van der Waals surface area contributed by atoms with Crippen LogP contribution in [-0.4, -0.2) is 14.3 Å². The Labute approximate surface area is 113 Å². The maximum Gasteiger partial charge on any atom is 0.273 e. The van der Waals surface area contributed by atoms with E-state index < -0.39 is 0 Å². The highest BCUT2D eigenvalue weighted by Crippen LogP contribution is 2.39. The lowest BCUT2D eigenvalue weighted by Crippen LogP contribution is -2.19. The molecule has 0 atom stereocenters. The van der Waals surface area contributed by atoms with E-state index in [-0.39, 0.29) is 5.56 Å². The largest absolute Gasteiger partial charge is 0.283 e. The van der Waals surface area contributed by atoms with Gasteiger partial charge in [-0.2, -0.15) is 4.68 Å². The summed E-state index contributed by atoms with van der Waals surface area (Å²) in [4.78, 5) is 16.7. The lowest BCUT2D eigenvalue weighted by atomic mass is 10.3. The first-order valence-electron chi connectivity index (χ1n) is 6.39. The van der Waals surface area contributed by atoms with Crippen molar-refractivity contribution in [3.8, 4) is 5.13 Å². The average molecular weight is 271 g/mol. The second-order valence-electron chi connectivity index (χ2n) is 4.98. The highest BCUT2D eigenvalue weighted by molar-refractivity contribution is 7.20. The van der Waals surface area contributed by atoms with E-state index in [4.69, 9.17) is 0 Å². The number of hydrogen-bond acceptors (Lipinski definition) is 3. The molecule has 0 aliphatic heterocycles. The molecule has 2 heterocycles. The Hall–Kier alpha value is -1.88. The summed E-state index contributed by atoms with van der Waals surface area (Å²) in [7, 11) is 1.95. The van der Waals surface area contributed by atoms with Gasteiger partial charge in [-0.1, -0.05) is 23.5 Å². The number of benzene rings is 1. The van der Waals surface area contributed by atoms with Crippen LogP contribution in [0.5, 0.6) is 0 Å². The molecule has 1 aromatic carbocycles. The summed E-state index contributed by atoms with van der Waals surface area (Å²) in [6.07, 6.45) is 2.38. The fraction of sp³-hybridized carbons (Fsp3) is 0.286. The molecule has 96 valence electrons. The molecule has 0 radical (unpaired) electrons. The highest BCUT2D eigenvalue weighted by Gasteiger charge is 2.28. The Morgan fingerprint density at radius 3 is 2.84 bits per heavy atom. The summed E-state index contributed by atoms with van der Waals surface area (Å²) in [5.41, 5.74) is 2.09. The van der Waals surface area contributed by atoms with Gasteiger partial charge in [0, 0.05) is 24.7 Å². The Morgan fingerprint density at radius 2 is 2.11 bits per heavy atom. The predicted octanol–water partition coefficient (Wildman–Crippen LogP) is 2.66. The molecule has 0 unspecified atom stereocenters. The van der Waals surface area contributed by atoms with Gasteiger partial charge in [-0.05, 0) is 25.0 Å². The Balaban J connectivity index is 1.94. The van der Waals surface area contributed by atoms with Crippen molar-refractivity contribution in [2.45, 2.75) is 18.8 Å². The van der Waals surface area contributed by atoms with Gasteiger partial charge in [-0.3, -0.25) is 9.48 Å². The summed E-state index contributed by atoms with van der Waals surface area (Å²) in [6, 6.07) is 9.73. The van der Waals surface area contributed by atoms with Crippen LogP contribution < -0.4 is 5.56 Å². The van der Waals surface area contributed by atoms with E-state index in [0.29, 0.717) is 5.92 Å². The molecule has 0 N–H and O–H groups in total. The van der Waals surface area contributed by atoms with Crippen molar-refractivity contribution in [3.63, 3.8) is 0 Å².